The molecule has 1 aliphatic heterocycles. The lowest BCUT2D eigenvalue weighted by Gasteiger charge is -2.35. The summed E-state index contributed by atoms with van der Waals surface area (Å²) < 4.78 is 0. The molecule has 0 radical (unpaired) electrons. The first kappa shape index (κ1) is 19.7. The van der Waals surface area contributed by atoms with E-state index in [1.54, 1.807) is 0 Å². The molecule has 1 aromatic heterocycles. The van der Waals surface area contributed by atoms with Gasteiger partial charge in [-0.2, -0.15) is 0 Å². The summed E-state index contributed by atoms with van der Waals surface area (Å²) in [5.41, 5.74) is 0. The van der Waals surface area contributed by atoms with Crippen molar-refractivity contribution < 1.29 is 0 Å². The highest BCUT2D eigenvalue weighted by molar-refractivity contribution is 14.0. The molecular weight excluding hydrogens is 407 g/mol. The standard InChI is InChI=1S/C16H28N4S.HI/c1-3-20-11-5-4-7-14(20)13-19-16(17-2)18-10-9-15-8-6-12-21-15;/h6,8,12,14H,3-5,7,9-11,13H2,1-2H3,(H2,17,18,19);1H. The molecule has 2 N–H and O–H groups in total. The summed E-state index contributed by atoms with van der Waals surface area (Å²) in [5.74, 6) is 0.924. The number of nitrogens with zero attached hydrogens (tertiary/aromatic N) is 2. The Morgan fingerprint density at radius 1 is 1.41 bits per heavy atom. The SMILES string of the molecule is CCN1CCCCC1CNC(=NC)NCCc1cccs1.I. The molecule has 1 unspecified atom stereocenters. The lowest BCUT2D eigenvalue weighted by molar-refractivity contribution is 0.157. The van der Waals surface area contributed by atoms with Crippen molar-refractivity contribution in [3.05, 3.63) is 22.4 Å². The summed E-state index contributed by atoms with van der Waals surface area (Å²) in [5, 5.41) is 9.02. The number of hydrogen-bond donors (Lipinski definition) is 2. The van der Waals surface area contributed by atoms with Crippen LogP contribution in [0.15, 0.2) is 22.5 Å². The Morgan fingerprint density at radius 2 is 2.27 bits per heavy atom. The second-order valence-electron chi connectivity index (χ2n) is 5.49. The van der Waals surface area contributed by atoms with Crippen LogP contribution in [0.3, 0.4) is 0 Å². The van der Waals surface area contributed by atoms with Gasteiger partial charge in [0.15, 0.2) is 5.96 Å². The molecule has 0 spiro atoms. The Bertz CT molecular complexity index is 422. The minimum atomic E-state index is 0. The number of aliphatic imine (C=N–C) groups is 1. The smallest absolute Gasteiger partial charge is 0.191 e. The largest absolute Gasteiger partial charge is 0.356 e. The molecule has 1 aliphatic rings. The summed E-state index contributed by atoms with van der Waals surface area (Å²) in [6, 6.07) is 4.94. The fraction of sp³-hybridized carbons (Fsp3) is 0.688. The predicted octanol–water partition coefficient (Wildman–Crippen LogP) is 2.95. The summed E-state index contributed by atoms with van der Waals surface area (Å²) in [4.78, 5) is 8.32. The van der Waals surface area contributed by atoms with Crippen LogP contribution in [0.25, 0.3) is 0 Å². The molecule has 6 heteroatoms. The first-order valence-electron chi connectivity index (χ1n) is 8.04. The average molecular weight is 436 g/mol. The van der Waals surface area contributed by atoms with Gasteiger partial charge in [-0.1, -0.05) is 19.4 Å². The number of guanidine groups is 1. The Kier molecular flexibility index (Phi) is 10.1. The van der Waals surface area contributed by atoms with Crippen molar-refractivity contribution in [3.63, 3.8) is 0 Å². The molecule has 126 valence electrons. The average Bonchev–Trinajstić information content (AvgIpc) is 3.04. The van der Waals surface area contributed by atoms with E-state index < -0.39 is 0 Å². The third-order valence-corrected chi connectivity index (χ3v) is 5.06. The van der Waals surface area contributed by atoms with Crippen LogP contribution in [0.4, 0.5) is 0 Å². The third-order valence-electron chi connectivity index (χ3n) is 4.13. The summed E-state index contributed by atoms with van der Waals surface area (Å²) >= 11 is 1.81. The molecule has 4 nitrogen and oxygen atoms in total. The van der Waals surface area contributed by atoms with Gasteiger partial charge in [0.25, 0.3) is 0 Å². The van der Waals surface area contributed by atoms with Gasteiger partial charge in [0.2, 0.25) is 0 Å². The van der Waals surface area contributed by atoms with Crippen molar-refractivity contribution >= 4 is 41.3 Å². The topological polar surface area (TPSA) is 39.7 Å². The molecule has 1 atom stereocenters. The molecule has 0 saturated carbocycles. The first-order valence-corrected chi connectivity index (χ1v) is 8.92. The second-order valence-corrected chi connectivity index (χ2v) is 6.52. The van der Waals surface area contributed by atoms with Crippen LogP contribution >= 0.6 is 35.3 Å². The number of thiophene rings is 1. The number of nitrogens with one attached hydrogen (secondary N) is 2. The first-order chi connectivity index (χ1) is 10.3. The minimum absolute atomic E-state index is 0. The van der Waals surface area contributed by atoms with Crippen LogP contribution in [0, 0.1) is 0 Å². The van der Waals surface area contributed by atoms with Crippen molar-refractivity contribution in [1.82, 2.24) is 15.5 Å². The molecule has 0 amide bonds. The number of halogens is 1. The maximum Gasteiger partial charge on any atom is 0.191 e. The predicted molar refractivity (Wildman–Crippen MR) is 108 cm³/mol. The second kappa shape index (κ2) is 11.2. The lowest BCUT2D eigenvalue weighted by Crippen LogP contribution is -2.49. The van der Waals surface area contributed by atoms with E-state index in [9.17, 15) is 0 Å². The number of likely N-dealkylation sites (N-methyl/N-ethyl adjacent to an activating group) is 1. The Labute approximate surface area is 155 Å². The van der Waals surface area contributed by atoms with Crippen molar-refractivity contribution in [2.45, 2.75) is 38.6 Å². The molecule has 22 heavy (non-hydrogen) atoms. The summed E-state index contributed by atoms with van der Waals surface area (Å²) in [6.45, 7) is 6.57. The lowest BCUT2D eigenvalue weighted by atomic mass is 10.0. The van der Waals surface area contributed by atoms with E-state index in [1.807, 2.05) is 18.4 Å². The molecular formula is C16H29IN4S. The fourth-order valence-corrected chi connectivity index (χ4v) is 3.61. The van der Waals surface area contributed by atoms with Gasteiger partial charge in [0.05, 0.1) is 0 Å². The van der Waals surface area contributed by atoms with E-state index in [0.717, 1.165) is 32.0 Å². The zero-order valence-electron chi connectivity index (χ0n) is 13.7. The molecule has 1 saturated heterocycles. The Balaban J connectivity index is 0.00000242. The highest BCUT2D eigenvalue weighted by atomic mass is 127. The fourth-order valence-electron chi connectivity index (χ4n) is 2.90. The van der Waals surface area contributed by atoms with Crippen molar-refractivity contribution in [2.75, 3.05) is 33.2 Å². The van der Waals surface area contributed by atoms with Gasteiger partial charge < -0.3 is 10.6 Å². The van der Waals surface area contributed by atoms with Crippen molar-refractivity contribution in [3.8, 4) is 0 Å². The zero-order valence-corrected chi connectivity index (χ0v) is 16.8. The van der Waals surface area contributed by atoms with E-state index in [1.165, 1.54) is 30.7 Å². The molecule has 0 bridgehead atoms. The van der Waals surface area contributed by atoms with Crippen LogP contribution < -0.4 is 10.6 Å². The molecule has 1 aromatic rings. The summed E-state index contributed by atoms with van der Waals surface area (Å²) in [6.07, 6.45) is 5.06. The van der Waals surface area contributed by atoms with E-state index in [4.69, 9.17) is 0 Å². The highest BCUT2D eigenvalue weighted by Crippen LogP contribution is 2.15. The molecule has 2 rings (SSSR count). The zero-order chi connectivity index (χ0) is 14.9. The van der Waals surface area contributed by atoms with Crippen LogP contribution in [0.1, 0.15) is 31.1 Å². The number of rotatable bonds is 6. The minimum Gasteiger partial charge on any atom is -0.356 e. The Morgan fingerprint density at radius 3 is 2.95 bits per heavy atom. The highest BCUT2D eigenvalue weighted by Gasteiger charge is 2.20. The van der Waals surface area contributed by atoms with Gasteiger partial charge in [0.1, 0.15) is 0 Å². The van der Waals surface area contributed by atoms with Gasteiger partial charge in [0, 0.05) is 31.1 Å². The Hall–Kier alpha value is -0.340. The number of hydrogen-bond acceptors (Lipinski definition) is 3. The normalized spacial score (nSPS) is 19.5. The maximum absolute atomic E-state index is 4.32. The number of likely N-dealkylation sites (tertiary alicyclic amines) is 1. The summed E-state index contributed by atoms with van der Waals surface area (Å²) in [7, 11) is 1.85. The van der Waals surface area contributed by atoms with E-state index in [2.05, 4.69) is 45.0 Å². The van der Waals surface area contributed by atoms with Gasteiger partial charge in [-0.05, 0) is 43.8 Å². The number of piperidine rings is 1. The molecule has 0 aliphatic carbocycles. The molecule has 1 fully saturated rings. The van der Waals surface area contributed by atoms with E-state index >= 15 is 0 Å². The van der Waals surface area contributed by atoms with Crippen LogP contribution in [-0.4, -0.2) is 50.1 Å². The van der Waals surface area contributed by atoms with Crippen LogP contribution in [0.2, 0.25) is 0 Å². The van der Waals surface area contributed by atoms with E-state index in [-0.39, 0.29) is 24.0 Å². The van der Waals surface area contributed by atoms with Gasteiger partial charge >= 0.3 is 0 Å². The third kappa shape index (κ3) is 6.42. The van der Waals surface area contributed by atoms with Crippen LogP contribution in [-0.2, 0) is 6.42 Å². The van der Waals surface area contributed by atoms with E-state index in [0.29, 0.717) is 6.04 Å². The van der Waals surface area contributed by atoms with Gasteiger partial charge in [-0.15, -0.1) is 35.3 Å². The van der Waals surface area contributed by atoms with Crippen molar-refractivity contribution in [2.24, 2.45) is 4.99 Å². The monoisotopic (exact) mass is 436 g/mol. The van der Waals surface area contributed by atoms with Crippen LogP contribution in [0.5, 0.6) is 0 Å². The molecule has 2 heterocycles. The quantitative estimate of drug-likeness (QED) is 0.409. The van der Waals surface area contributed by atoms with Crippen molar-refractivity contribution in [1.29, 1.82) is 0 Å². The van der Waals surface area contributed by atoms with Gasteiger partial charge in [-0.3, -0.25) is 9.89 Å². The van der Waals surface area contributed by atoms with Gasteiger partial charge in [-0.25, -0.2) is 0 Å². The molecule has 0 aromatic carbocycles. The maximum atomic E-state index is 4.32.